The number of nitrogens with zero attached hydrogens (tertiary/aromatic N) is 4. The highest BCUT2D eigenvalue weighted by atomic mass is 35.5. The molecular weight excluding hydrogens is 387 g/mol. The normalized spacial score (nSPS) is 11.1. The van der Waals surface area contributed by atoms with Crippen LogP contribution in [0.4, 0.5) is 0 Å². The Morgan fingerprint density at radius 2 is 1.70 bits per heavy atom. The van der Waals surface area contributed by atoms with Crippen molar-refractivity contribution in [2.75, 3.05) is 6.61 Å². The predicted molar refractivity (Wildman–Crippen MR) is 107 cm³/mol. The van der Waals surface area contributed by atoms with Crippen LogP contribution in [0.3, 0.4) is 0 Å². The van der Waals surface area contributed by atoms with E-state index in [4.69, 9.17) is 32.7 Å². The van der Waals surface area contributed by atoms with Crippen molar-refractivity contribution in [3.8, 4) is 17.2 Å². The Kier molecular flexibility index (Phi) is 5.98. The molecule has 0 aliphatic carbocycles. The lowest BCUT2D eigenvalue weighted by molar-refractivity contribution is 0.321. The van der Waals surface area contributed by atoms with Gasteiger partial charge in [-0.05, 0) is 62.7 Å². The summed E-state index contributed by atoms with van der Waals surface area (Å²) in [7, 11) is 0. The van der Waals surface area contributed by atoms with Crippen molar-refractivity contribution in [3.63, 3.8) is 0 Å². The molecule has 0 spiro atoms. The van der Waals surface area contributed by atoms with E-state index in [2.05, 4.69) is 15.3 Å². The molecule has 0 saturated carbocycles. The number of benzene rings is 2. The van der Waals surface area contributed by atoms with Gasteiger partial charge in [0, 0.05) is 5.02 Å². The molecule has 0 atom stereocenters. The van der Waals surface area contributed by atoms with Crippen LogP contribution in [0.5, 0.6) is 17.2 Å². The summed E-state index contributed by atoms with van der Waals surface area (Å²) in [6.07, 6.45) is 1.71. The van der Waals surface area contributed by atoms with Gasteiger partial charge in [-0.15, -0.1) is 10.2 Å². The van der Waals surface area contributed by atoms with Crippen molar-refractivity contribution in [1.29, 1.82) is 0 Å². The van der Waals surface area contributed by atoms with Gasteiger partial charge >= 0.3 is 0 Å². The van der Waals surface area contributed by atoms with E-state index in [0.29, 0.717) is 45.5 Å². The lowest BCUT2D eigenvalue weighted by atomic mass is 10.2. The summed E-state index contributed by atoms with van der Waals surface area (Å²) >= 11 is 12.1. The van der Waals surface area contributed by atoms with Crippen molar-refractivity contribution in [2.24, 2.45) is 5.10 Å². The first-order chi connectivity index (χ1) is 13.0. The highest BCUT2D eigenvalue weighted by molar-refractivity contribution is 6.35. The number of rotatable bonds is 6. The Morgan fingerprint density at radius 3 is 2.37 bits per heavy atom. The summed E-state index contributed by atoms with van der Waals surface area (Å²) < 4.78 is 13.3. The number of hydrogen-bond donors (Lipinski definition) is 0. The number of hydrogen-bond acceptors (Lipinski definition) is 5. The third kappa shape index (κ3) is 4.59. The van der Waals surface area contributed by atoms with Crippen LogP contribution in [0.25, 0.3) is 0 Å². The van der Waals surface area contributed by atoms with Gasteiger partial charge in [0.25, 0.3) is 0 Å². The molecule has 140 valence electrons. The second-order valence-electron chi connectivity index (χ2n) is 5.67. The molecule has 0 unspecified atom stereocenters. The van der Waals surface area contributed by atoms with Crippen LogP contribution in [0.2, 0.25) is 10.0 Å². The van der Waals surface area contributed by atoms with E-state index in [0.717, 1.165) is 5.56 Å². The average molecular weight is 405 g/mol. The molecule has 0 bridgehead atoms. The van der Waals surface area contributed by atoms with Crippen molar-refractivity contribution in [1.82, 2.24) is 14.9 Å². The van der Waals surface area contributed by atoms with E-state index < -0.39 is 0 Å². The summed E-state index contributed by atoms with van der Waals surface area (Å²) in [6, 6.07) is 10.6. The molecular formula is C19H18Cl2N4O2. The fourth-order valence-electron chi connectivity index (χ4n) is 2.39. The molecule has 1 heterocycles. The maximum atomic E-state index is 6.19. The number of aryl methyl sites for hydroxylation is 2. The fourth-order valence-corrected chi connectivity index (χ4v) is 2.84. The summed E-state index contributed by atoms with van der Waals surface area (Å²) in [5.41, 5.74) is 0.848. The van der Waals surface area contributed by atoms with E-state index in [9.17, 15) is 0 Å². The second kappa shape index (κ2) is 8.41. The Hall–Kier alpha value is -2.57. The van der Waals surface area contributed by atoms with Gasteiger partial charge in [0.15, 0.2) is 23.1 Å². The van der Waals surface area contributed by atoms with Crippen molar-refractivity contribution >= 4 is 29.4 Å². The van der Waals surface area contributed by atoms with Gasteiger partial charge in [0.05, 0.1) is 17.8 Å². The highest BCUT2D eigenvalue weighted by Gasteiger charge is 2.10. The summed E-state index contributed by atoms with van der Waals surface area (Å²) in [4.78, 5) is 0. The van der Waals surface area contributed by atoms with Gasteiger partial charge in [-0.25, -0.2) is 4.68 Å². The third-order valence-electron chi connectivity index (χ3n) is 3.66. The lowest BCUT2D eigenvalue weighted by Crippen LogP contribution is -1.98. The van der Waals surface area contributed by atoms with Crippen LogP contribution >= 0.6 is 23.2 Å². The zero-order valence-electron chi connectivity index (χ0n) is 15.1. The zero-order chi connectivity index (χ0) is 19.4. The maximum Gasteiger partial charge on any atom is 0.169 e. The molecule has 0 saturated heterocycles. The molecule has 0 aliphatic rings. The molecule has 8 heteroatoms. The Labute approximate surface area is 167 Å². The Balaban J connectivity index is 1.88. The lowest BCUT2D eigenvalue weighted by Gasteiger charge is -2.13. The van der Waals surface area contributed by atoms with E-state index in [-0.39, 0.29) is 0 Å². The van der Waals surface area contributed by atoms with Crippen molar-refractivity contribution < 1.29 is 9.47 Å². The van der Waals surface area contributed by atoms with Crippen molar-refractivity contribution in [3.05, 3.63) is 63.7 Å². The molecule has 2 aromatic carbocycles. The molecule has 0 N–H and O–H groups in total. The second-order valence-corrected chi connectivity index (χ2v) is 6.51. The van der Waals surface area contributed by atoms with Gasteiger partial charge in [-0.3, -0.25) is 0 Å². The first-order valence-electron chi connectivity index (χ1n) is 8.30. The van der Waals surface area contributed by atoms with Crippen LogP contribution in [-0.4, -0.2) is 27.7 Å². The van der Waals surface area contributed by atoms with E-state index in [1.807, 2.05) is 39.0 Å². The molecule has 3 aromatic rings. The zero-order valence-corrected chi connectivity index (χ0v) is 16.6. The van der Waals surface area contributed by atoms with Crippen molar-refractivity contribution in [2.45, 2.75) is 20.8 Å². The Morgan fingerprint density at radius 1 is 1.00 bits per heavy atom. The van der Waals surface area contributed by atoms with Crippen LogP contribution in [-0.2, 0) is 0 Å². The molecule has 27 heavy (non-hydrogen) atoms. The molecule has 0 aliphatic heterocycles. The first kappa shape index (κ1) is 19.2. The Bertz CT molecular complexity index is 966. The molecule has 3 rings (SSSR count). The van der Waals surface area contributed by atoms with Gasteiger partial charge in [0.2, 0.25) is 0 Å². The van der Waals surface area contributed by atoms with E-state index in [1.54, 1.807) is 29.1 Å². The average Bonchev–Trinajstić information content (AvgIpc) is 2.95. The quantitative estimate of drug-likeness (QED) is 0.524. The summed E-state index contributed by atoms with van der Waals surface area (Å²) in [6.45, 7) is 6.09. The largest absolute Gasteiger partial charge is 0.490 e. The standard InChI is InChI=1S/C19H18Cl2N4O2/c1-4-26-19-9-14(11-22-25-12(2)23-24-13(25)3)5-7-18(19)27-17-8-6-15(20)10-16(17)21/h5-11H,4H2,1-3H3/b22-11-. The summed E-state index contributed by atoms with van der Waals surface area (Å²) in [5, 5.41) is 13.3. The third-order valence-corrected chi connectivity index (χ3v) is 4.19. The minimum Gasteiger partial charge on any atom is -0.490 e. The minimum atomic E-state index is 0.425. The SMILES string of the molecule is CCOc1cc(/C=N\n2c(C)nnc2C)ccc1Oc1ccc(Cl)cc1Cl. The van der Waals surface area contributed by atoms with Crippen LogP contribution in [0.15, 0.2) is 41.5 Å². The molecule has 1 aromatic heterocycles. The number of aromatic nitrogens is 3. The molecule has 0 radical (unpaired) electrons. The first-order valence-corrected chi connectivity index (χ1v) is 9.06. The number of ether oxygens (including phenoxy) is 2. The van der Waals surface area contributed by atoms with Crippen LogP contribution in [0.1, 0.15) is 24.1 Å². The molecule has 0 amide bonds. The maximum absolute atomic E-state index is 6.19. The van der Waals surface area contributed by atoms with E-state index >= 15 is 0 Å². The fraction of sp³-hybridized carbons (Fsp3) is 0.211. The number of halogens is 2. The minimum absolute atomic E-state index is 0.425. The predicted octanol–water partition coefficient (Wildman–Crippen LogP) is 5.27. The van der Waals surface area contributed by atoms with Crippen LogP contribution in [0, 0.1) is 13.8 Å². The van der Waals surface area contributed by atoms with Crippen LogP contribution < -0.4 is 9.47 Å². The van der Waals surface area contributed by atoms with Gasteiger partial charge in [-0.1, -0.05) is 23.2 Å². The van der Waals surface area contributed by atoms with Gasteiger partial charge < -0.3 is 9.47 Å². The van der Waals surface area contributed by atoms with E-state index in [1.165, 1.54) is 0 Å². The monoisotopic (exact) mass is 404 g/mol. The molecule has 0 fully saturated rings. The molecule has 6 nitrogen and oxygen atoms in total. The smallest absolute Gasteiger partial charge is 0.169 e. The van der Waals surface area contributed by atoms with Gasteiger partial charge in [-0.2, -0.15) is 5.10 Å². The van der Waals surface area contributed by atoms with Gasteiger partial charge in [0.1, 0.15) is 5.75 Å². The summed E-state index contributed by atoms with van der Waals surface area (Å²) in [5.74, 6) is 3.07. The topological polar surface area (TPSA) is 61.5 Å². The highest BCUT2D eigenvalue weighted by Crippen LogP contribution is 2.36.